The van der Waals surface area contributed by atoms with Gasteiger partial charge in [-0.05, 0) is 32.1 Å². The third kappa shape index (κ3) is 5.22. The van der Waals surface area contributed by atoms with E-state index in [-0.39, 0.29) is 24.5 Å². The molecule has 0 bridgehead atoms. The molecule has 9 heteroatoms. The van der Waals surface area contributed by atoms with Gasteiger partial charge in [-0.2, -0.15) is 0 Å². The average molecular weight is 402 g/mol. The maximum atomic E-state index is 12.5. The van der Waals surface area contributed by atoms with Gasteiger partial charge >= 0.3 is 23.6 Å². The van der Waals surface area contributed by atoms with Crippen LogP contribution in [0.4, 0.5) is 0 Å². The second-order valence-corrected chi connectivity index (χ2v) is 5.76. The average Bonchev–Trinajstić information content (AvgIpc) is 3.04. The van der Waals surface area contributed by atoms with E-state index < -0.39 is 17.9 Å². The van der Waals surface area contributed by atoms with Gasteiger partial charge in [0.05, 0.1) is 25.9 Å². The maximum Gasteiger partial charge on any atom is 0.406 e. The van der Waals surface area contributed by atoms with Crippen molar-refractivity contribution < 1.29 is 33.3 Å². The van der Waals surface area contributed by atoms with Crippen molar-refractivity contribution in [1.82, 2.24) is 10.5 Å². The molecule has 0 unspecified atom stereocenters. The van der Waals surface area contributed by atoms with E-state index in [0.29, 0.717) is 5.70 Å². The topological polar surface area (TPSA) is 97.2 Å². The predicted molar refractivity (Wildman–Crippen MR) is 104 cm³/mol. The summed E-state index contributed by atoms with van der Waals surface area (Å²) in [7, 11) is 1.24. The van der Waals surface area contributed by atoms with Crippen LogP contribution in [0.25, 0.3) is 0 Å². The van der Waals surface area contributed by atoms with Gasteiger partial charge in [0.1, 0.15) is 5.70 Å². The number of nitrogens with zero attached hydrogens (tertiary/aromatic N) is 2. The number of rotatable bonds is 7. The molecule has 0 fully saturated rings. The van der Waals surface area contributed by atoms with Gasteiger partial charge in [-0.3, -0.25) is 0 Å². The Morgan fingerprint density at radius 2 is 1.83 bits per heavy atom. The van der Waals surface area contributed by atoms with E-state index >= 15 is 0 Å². The Labute approximate surface area is 168 Å². The van der Waals surface area contributed by atoms with Crippen molar-refractivity contribution in [3.05, 3.63) is 59.6 Å². The normalized spacial score (nSPS) is 17.2. The van der Waals surface area contributed by atoms with Crippen LogP contribution in [0, 0.1) is 0 Å². The van der Waals surface area contributed by atoms with Gasteiger partial charge in [0.2, 0.25) is 5.70 Å². The molecule has 2 aliphatic rings. The van der Waals surface area contributed by atoms with Crippen LogP contribution in [0.15, 0.2) is 59.6 Å². The Morgan fingerprint density at radius 3 is 2.45 bits per heavy atom. The quantitative estimate of drug-likeness (QED) is 0.224. The summed E-state index contributed by atoms with van der Waals surface area (Å²) >= 11 is 0. The number of ether oxygens (including phenoxy) is 3. The van der Waals surface area contributed by atoms with Crippen LogP contribution in [0.2, 0.25) is 0 Å². The SMILES string of the molecule is CCOC(=O)/C=C/C(=C/C(C(=O)OC)=[N+]1NN2C=CC=CC2=C1C)C(=O)OCC. The lowest BCUT2D eigenvalue weighted by molar-refractivity contribution is -0.549. The fraction of sp³-hybridized carbons (Fsp3) is 0.300. The molecule has 0 aromatic rings. The summed E-state index contributed by atoms with van der Waals surface area (Å²) in [5, 5.41) is 1.71. The molecule has 29 heavy (non-hydrogen) atoms. The molecule has 0 saturated heterocycles. The third-order valence-electron chi connectivity index (χ3n) is 3.90. The molecule has 0 radical (unpaired) electrons. The van der Waals surface area contributed by atoms with E-state index in [0.717, 1.165) is 11.8 Å². The van der Waals surface area contributed by atoms with Crippen molar-refractivity contribution in [1.29, 1.82) is 0 Å². The Hall–Kier alpha value is -3.62. The van der Waals surface area contributed by atoms with Gasteiger partial charge in [0, 0.05) is 25.3 Å². The largest absolute Gasteiger partial charge is 0.463 e. The van der Waals surface area contributed by atoms with Crippen molar-refractivity contribution in [2.75, 3.05) is 20.3 Å². The van der Waals surface area contributed by atoms with E-state index in [2.05, 4.69) is 5.53 Å². The fourth-order valence-electron chi connectivity index (χ4n) is 2.56. The first-order chi connectivity index (χ1) is 13.9. The Bertz CT molecular complexity index is 877. The molecule has 1 N–H and O–H groups in total. The number of methoxy groups -OCH3 is 1. The van der Waals surface area contributed by atoms with Gasteiger partial charge in [-0.25, -0.2) is 19.4 Å². The minimum absolute atomic E-state index is 0.0177. The highest BCUT2D eigenvalue weighted by molar-refractivity contribution is 6.39. The molecule has 0 atom stereocenters. The van der Waals surface area contributed by atoms with E-state index in [1.807, 2.05) is 18.2 Å². The number of fused-ring (bicyclic) bond motifs is 1. The molecular weight excluding hydrogens is 378 g/mol. The number of nitrogens with one attached hydrogen (secondary N) is 1. The van der Waals surface area contributed by atoms with Crippen LogP contribution in [-0.4, -0.2) is 53.6 Å². The maximum absolute atomic E-state index is 12.5. The van der Waals surface area contributed by atoms with Crippen molar-refractivity contribution >= 4 is 23.6 Å². The minimum atomic E-state index is -0.698. The van der Waals surface area contributed by atoms with Crippen LogP contribution in [0.1, 0.15) is 20.8 Å². The standard InChI is InChI=1S/C20H23N3O6/c1-5-28-18(24)11-10-15(19(25)29-6-2)13-17(20(26)27-4)23-14(3)16-9-7-8-12-22(16)21-23/h7-13H,5-6H2,1-4H3/p+1. The number of carbonyl (C=O) groups is 3. The highest BCUT2D eigenvalue weighted by Crippen LogP contribution is 2.21. The summed E-state index contributed by atoms with van der Waals surface area (Å²) in [6.45, 7) is 5.46. The molecular formula is C20H24N3O6+. The zero-order chi connectivity index (χ0) is 21.4. The second-order valence-electron chi connectivity index (χ2n) is 5.76. The minimum Gasteiger partial charge on any atom is -0.463 e. The zero-order valence-corrected chi connectivity index (χ0v) is 16.8. The lowest BCUT2D eigenvalue weighted by Crippen LogP contribution is -2.38. The number of carbonyl (C=O) groups excluding carboxylic acids is 3. The lowest BCUT2D eigenvalue weighted by atomic mass is 10.1. The van der Waals surface area contributed by atoms with Crippen molar-refractivity contribution in [3.8, 4) is 0 Å². The van der Waals surface area contributed by atoms with Crippen molar-refractivity contribution in [3.63, 3.8) is 0 Å². The van der Waals surface area contributed by atoms with Gasteiger partial charge in [-0.15, -0.1) is 0 Å². The highest BCUT2D eigenvalue weighted by Gasteiger charge is 2.35. The Balaban J connectivity index is 2.55. The van der Waals surface area contributed by atoms with Gasteiger partial charge in [0.25, 0.3) is 0 Å². The monoisotopic (exact) mass is 402 g/mol. The molecule has 0 aromatic carbocycles. The number of hydrazine groups is 2. The molecule has 0 saturated carbocycles. The lowest BCUT2D eigenvalue weighted by Gasteiger charge is -2.12. The van der Waals surface area contributed by atoms with Crippen molar-refractivity contribution in [2.24, 2.45) is 0 Å². The highest BCUT2D eigenvalue weighted by atomic mass is 16.5. The Morgan fingerprint density at radius 1 is 1.10 bits per heavy atom. The first-order valence-electron chi connectivity index (χ1n) is 9.03. The molecule has 9 nitrogen and oxygen atoms in total. The van der Waals surface area contributed by atoms with E-state index in [1.54, 1.807) is 32.0 Å². The molecule has 2 heterocycles. The molecule has 2 rings (SSSR count). The molecule has 0 aromatic heterocycles. The van der Waals surface area contributed by atoms with Crippen LogP contribution in [-0.2, 0) is 28.6 Å². The molecule has 0 spiro atoms. The summed E-state index contributed by atoms with van der Waals surface area (Å²) < 4.78 is 16.2. The summed E-state index contributed by atoms with van der Waals surface area (Å²) in [5.74, 6) is -2.00. The van der Waals surface area contributed by atoms with E-state index in [4.69, 9.17) is 14.2 Å². The smallest absolute Gasteiger partial charge is 0.406 e. The number of allylic oxidation sites excluding steroid dienone is 4. The first kappa shape index (κ1) is 21.7. The van der Waals surface area contributed by atoms with Gasteiger partial charge in [0.15, 0.2) is 0 Å². The summed E-state index contributed by atoms with van der Waals surface area (Å²) in [4.78, 5) is 36.5. The van der Waals surface area contributed by atoms with Crippen LogP contribution in [0.3, 0.4) is 0 Å². The van der Waals surface area contributed by atoms with Gasteiger partial charge in [-0.1, -0.05) is 16.3 Å². The molecule has 0 amide bonds. The summed E-state index contributed by atoms with van der Waals surface area (Å²) in [6, 6.07) is 0. The van der Waals surface area contributed by atoms with E-state index in [1.165, 1.54) is 23.9 Å². The zero-order valence-electron chi connectivity index (χ0n) is 16.8. The number of hydrazone groups is 1. The Kier molecular flexibility index (Phi) is 7.53. The van der Waals surface area contributed by atoms with Crippen LogP contribution >= 0.6 is 0 Å². The summed E-state index contributed by atoms with van der Waals surface area (Å²) in [5.41, 5.74) is 4.57. The molecule has 2 aliphatic heterocycles. The number of esters is 3. The van der Waals surface area contributed by atoms with Crippen LogP contribution < -0.4 is 5.53 Å². The third-order valence-corrected chi connectivity index (χ3v) is 3.90. The summed E-state index contributed by atoms with van der Waals surface area (Å²) in [6.07, 6.45) is 11.0. The van der Waals surface area contributed by atoms with Crippen LogP contribution in [0.5, 0.6) is 0 Å². The number of hydrogen-bond acceptors (Lipinski definition) is 8. The predicted octanol–water partition coefficient (Wildman–Crippen LogP) is 1.27. The first-order valence-corrected chi connectivity index (χ1v) is 9.03. The second kappa shape index (κ2) is 10.1. The van der Waals surface area contributed by atoms with Gasteiger partial charge < -0.3 is 14.2 Å². The molecule has 154 valence electrons. The molecule has 0 aliphatic carbocycles. The van der Waals surface area contributed by atoms with E-state index in [9.17, 15) is 14.4 Å². The van der Waals surface area contributed by atoms with Crippen molar-refractivity contribution in [2.45, 2.75) is 20.8 Å². The fourth-order valence-corrected chi connectivity index (χ4v) is 2.56. The number of hydrogen-bond donors (Lipinski definition) is 1.